The first kappa shape index (κ1) is 9.85. The summed E-state index contributed by atoms with van der Waals surface area (Å²) in [6.45, 7) is 1.55. The number of nitrogens with zero attached hydrogens (tertiary/aromatic N) is 3. The van der Waals surface area contributed by atoms with Crippen molar-refractivity contribution in [1.29, 1.82) is 0 Å². The van der Waals surface area contributed by atoms with Gasteiger partial charge in [-0.3, -0.25) is 0 Å². The van der Waals surface area contributed by atoms with Crippen LogP contribution in [0.15, 0.2) is 12.1 Å². The third kappa shape index (κ3) is 1.89. The molecule has 80 valence electrons. The lowest BCUT2D eigenvalue weighted by Crippen LogP contribution is -2.52. The van der Waals surface area contributed by atoms with Gasteiger partial charge in [-0.2, -0.15) is 0 Å². The Morgan fingerprint density at radius 3 is 2.73 bits per heavy atom. The van der Waals surface area contributed by atoms with E-state index in [1.807, 2.05) is 4.90 Å². The maximum absolute atomic E-state index is 10.5. The topological polar surface area (TPSA) is 75.5 Å². The summed E-state index contributed by atoms with van der Waals surface area (Å²) in [6.07, 6.45) is 0.242. The summed E-state index contributed by atoms with van der Waals surface area (Å²) >= 11 is 0. The molecule has 15 heavy (non-hydrogen) atoms. The predicted octanol–water partition coefficient (Wildman–Crippen LogP) is 0.00980. The summed E-state index contributed by atoms with van der Waals surface area (Å²) in [4.78, 5) is 12.5. The molecule has 1 fully saturated rings. The number of hydrogen-bond acceptors (Lipinski definition) is 5. The van der Waals surface area contributed by atoms with Crippen molar-refractivity contribution in [2.45, 2.75) is 6.10 Å². The summed E-state index contributed by atoms with van der Waals surface area (Å²) in [5.74, 6) is -0.374. The van der Waals surface area contributed by atoms with Crippen molar-refractivity contribution in [2.24, 2.45) is 0 Å². The maximum Gasteiger partial charge on any atom is 0.356 e. The molecular formula is C9H11N3O3. The third-order valence-electron chi connectivity index (χ3n) is 2.37. The molecule has 0 spiro atoms. The Morgan fingerprint density at radius 2 is 2.27 bits per heavy atom. The van der Waals surface area contributed by atoms with Crippen LogP contribution in [0.4, 0.5) is 5.82 Å². The lowest BCUT2D eigenvalue weighted by atomic mass is 10.1. The van der Waals surface area contributed by atoms with Gasteiger partial charge in [-0.25, -0.2) is 4.79 Å². The minimum absolute atomic E-state index is 0.0393. The van der Waals surface area contributed by atoms with E-state index >= 15 is 0 Å². The van der Waals surface area contributed by atoms with E-state index in [1.165, 1.54) is 6.07 Å². The van der Waals surface area contributed by atoms with E-state index in [9.17, 15) is 4.79 Å². The highest BCUT2D eigenvalue weighted by Gasteiger charge is 2.27. The second-order valence-corrected chi connectivity index (χ2v) is 3.34. The first-order valence-electron chi connectivity index (χ1n) is 4.55. The number of ether oxygens (including phenoxy) is 1. The summed E-state index contributed by atoms with van der Waals surface area (Å²) < 4.78 is 5.12. The Balaban J connectivity index is 2.02. The molecule has 0 unspecified atom stereocenters. The van der Waals surface area contributed by atoms with Crippen molar-refractivity contribution in [3.63, 3.8) is 0 Å². The standard InChI is InChI=1S/C9H11N3O3/c1-15-6-4-12(5-6)8-3-2-7(9(13)14)10-11-8/h2-3,6H,4-5H2,1H3,(H,13,14). The van der Waals surface area contributed by atoms with Gasteiger partial charge in [0.2, 0.25) is 0 Å². The Morgan fingerprint density at radius 1 is 1.53 bits per heavy atom. The van der Waals surface area contributed by atoms with E-state index in [0.29, 0.717) is 5.82 Å². The molecule has 2 heterocycles. The van der Waals surface area contributed by atoms with E-state index in [2.05, 4.69) is 10.2 Å². The molecule has 2 rings (SSSR count). The molecule has 0 atom stereocenters. The minimum Gasteiger partial charge on any atom is -0.476 e. The number of carboxylic acids is 1. The maximum atomic E-state index is 10.5. The predicted molar refractivity (Wildman–Crippen MR) is 52.0 cm³/mol. The van der Waals surface area contributed by atoms with E-state index in [1.54, 1.807) is 13.2 Å². The Kier molecular flexibility index (Phi) is 2.51. The molecule has 1 saturated heterocycles. The SMILES string of the molecule is COC1CN(c2ccc(C(=O)O)nn2)C1. The molecular weight excluding hydrogens is 198 g/mol. The zero-order valence-electron chi connectivity index (χ0n) is 8.25. The third-order valence-corrected chi connectivity index (χ3v) is 2.37. The Hall–Kier alpha value is -1.69. The highest BCUT2D eigenvalue weighted by molar-refractivity contribution is 5.85. The van der Waals surface area contributed by atoms with E-state index < -0.39 is 5.97 Å². The van der Waals surface area contributed by atoms with Crippen LogP contribution >= 0.6 is 0 Å². The van der Waals surface area contributed by atoms with Crippen LogP contribution < -0.4 is 4.90 Å². The summed E-state index contributed by atoms with van der Waals surface area (Å²) in [5, 5.41) is 16.1. The van der Waals surface area contributed by atoms with E-state index in [4.69, 9.17) is 9.84 Å². The van der Waals surface area contributed by atoms with E-state index in [0.717, 1.165) is 13.1 Å². The molecule has 1 aromatic heterocycles. The highest BCUT2D eigenvalue weighted by Crippen LogP contribution is 2.18. The number of carboxylic acid groups (broad SMARTS) is 1. The van der Waals surface area contributed by atoms with Crippen molar-refractivity contribution in [2.75, 3.05) is 25.1 Å². The van der Waals surface area contributed by atoms with Crippen LogP contribution in [-0.4, -0.2) is 47.6 Å². The van der Waals surface area contributed by atoms with Crippen molar-refractivity contribution >= 4 is 11.8 Å². The van der Waals surface area contributed by atoms with Crippen LogP contribution in [0, 0.1) is 0 Å². The van der Waals surface area contributed by atoms with Crippen LogP contribution in [0.3, 0.4) is 0 Å². The van der Waals surface area contributed by atoms with Crippen molar-refractivity contribution in [1.82, 2.24) is 10.2 Å². The quantitative estimate of drug-likeness (QED) is 0.755. The van der Waals surface area contributed by atoms with Gasteiger partial charge in [0.15, 0.2) is 11.5 Å². The van der Waals surface area contributed by atoms with Gasteiger partial charge in [0.05, 0.1) is 6.10 Å². The summed E-state index contributed by atoms with van der Waals surface area (Å²) in [7, 11) is 1.67. The number of rotatable bonds is 3. The van der Waals surface area contributed by atoms with Crippen LogP contribution in [0.25, 0.3) is 0 Å². The fourth-order valence-electron chi connectivity index (χ4n) is 1.38. The molecule has 1 N–H and O–H groups in total. The first-order chi connectivity index (χ1) is 7.20. The number of carbonyl (C=O) groups is 1. The first-order valence-corrected chi connectivity index (χ1v) is 4.55. The second kappa shape index (κ2) is 3.82. The fourth-order valence-corrected chi connectivity index (χ4v) is 1.38. The Bertz CT molecular complexity index is 359. The smallest absolute Gasteiger partial charge is 0.356 e. The molecule has 0 aliphatic carbocycles. The number of methoxy groups -OCH3 is 1. The van der Waals surface area contributed by atoms with E-state index in [-0.39, 0.29) is 11.8 Å². The van der Waals surface area contributed by atoms with Gasteiger partial charge in [-0.05, 0) is 12.1 Å². The van der Waals surface area contributed by atoms with Gasteiger partial charge in [0.1, 0.15) is 0 Å². The molecule has 6 heteroatoms. The summed E-state index contributed by atoms with van der Waals surface area (Å²) in [6, 6.07) is 3.10. The number of aromatic carboxylic acids is 1. The van der Waals surface area contributed by atoms with Crippen LogP contribution in [0.5, 0.6) is 0 Å². The minimum atomic E-state index is -1.06. The zero-order valence-corrected chi connectivity index (χ0v) is 8.25. The summed E-state index contributed by atoms with van der Waals surface area (Å²) in [5.41, 5.74) is -0.0393. The van der Waals surface area contributed by atoms with Crippen LogP contribution in [-0.2, 0) is 4.74 Å². The average molecular weight is 209 g/mol. The molecule has 1 aromatic rings. The second-order valence-electron chi connectivity index (χ2n) is 3.34. The molecule has 1 aliphatic heterocycles. The van der Waals surface area contributed by atoms with Gasteiger partial charge in [-0.1, -0.05) is 0 Å². The molecule has 0 bridgehead atoms. The zero-order chi connectivity index (χ0) is 10.8. The largest absolute Gasteiger partial charge is 0.476 e. The fraction of sp³-hybridized carbons (Fsp3) is 0.444. The lowest BCUT2D eigenvalue weighted by molar-refractivity contribution is 0.0688. The number of aromatic nitrogens is 2. The molecule has 0 saturated carbocycles. The van der Waals surface area contributed by atoms with Gasteiger partial charge in [-0.15, -0.1) is 10.2 Å². The van der Waals surface area contributed by atoms with Crippen molar-refractivity contribution in [3.8, 4) is 0 Å². The average Bonchev–Trinajstić information content (AvgIpc) is 2.17. The normalized spacial score (nSPS) is 16.2. The monoisotopic (exact) mass is 209 g/mol. The van der Waals surface area contributed by atoms with Crippen molar-refractivity contribution in [3.05, 3.63) is 17.8 Å². The highest BCUT2D eigenvalue weighted by atomic mass is 16.5. The van der Waals surface area contributed by atoms with Crippen LogP contribution in [0.1, 0.15) is 10.5 Å². The van der Waals surface area contributed by atoms with Gasteiger partial charge in [0, 0.05) is 20.2 Å². The number of anilines is 1. The van der Waals surface area contributed by atoms with Gasteiger partial charge < -0.3 is 14.7 Å². The van der Waals surface area contributed by atoms with Gasteiger partial charge in [0.25, 0.3) is 0 Å². The Labute approximate surface area is 86.5 Å². The molecule has 0 aromatic carbocycles. The molecule has 1 aliphatic rings. The lowest BCUT2D eigenvalue weighted by Gasteiger charge is -2.38. The molecule has 6 nitrogen and oxygen atoms in total. The molecule has 0 amide bonds. The van der Waals surface area contributed by atoms with Crippen LogP contribution in [0.2, 0.25) is 0 Å². The number of hydrogen-bond donors (Lipinski definition) is 1. The van der Waals surface area contributed by atoms with Crippen molar-refractivity contribution < 1.29 is 14.6 Å². The van der Waals surface area contributed by atoms with Gasteiger partial charge >= 0.3 is 5.97 Å². The molecule has 0 radical (unpaired) electrons.